The van der Waals surface area contributed by atoms with Gasteiger partial charge in [-0.25, -0.2) is 0 Å². The molecular weight excluding hydrogens is 338 g/mol. The molecule has 1 N–H and O–H groups in total. The molecule has 1 aliphatic heterocycles. The second-order valence-corrected chi connectivity index (χ2v) is 8.39. The molecular formula is C27H25N. The SMILES string of the molecule is CC1(C)c2cc(-c3ccccc3)ccc2NC2C=CC(c3ccccc3)=CC21. The largest absolute Gasteiger partial charge is 0.378 e. The van der Waals surface area contributed by atoms with E-state index in [2.05, 4.69) is 116 Å². The molecule has 0 amide bonds. The minimum atomic E-state index is 0.0425. The summed E-state index contributed by atoms with van der Waals surface area (Å²) in [5.41, 5.74) is 7.86. The number of hydrogen-bond donors (Lipinski definition) is 1. The molecule has 1 aliphatic carbocycles. The number of rotatable bonds is 2. The minimum Gasteiger partial charge on any atom is -0.378 e. The van der Waals surface area contributed by atoms with Gasteiger partial charge in [0.15, 0.2) is 0 Å². The summed E-state index contributed by atoms with van der Waals surface area (Å²) in [6, 6.07) is 28.5. The van der Waals surface area contributed by atoms with Gasteiger partial charge in [0.1, 0.15) is 0 Å². The Labute approximate surface area is 167 Å². The highest BCUT2D eigenvalue weighted by Crippen LogP contribution is 2.47. The van der Waals surface area contributed by atoms with E-state index in [0.29, 0.717) is 12.0 Å². The fraction of sp³-hybridized carbons (Fsp3) is 0.185. The highest BCUT2D eigenvalue weighted by molar-refractivity contribution is 5.78. The van der Waals surface area contributed by atoms with Crippen molar-refractivity contribution in [2.75, 3.05) is 5.32 Å². The Kier molecular flexibility index (Phi) is 3.98. The van der Waals surface area contributed by atoms with Crippen molar-refractivity contribution in [2.24, 2.45) is 5.92 Å². The van der Waals surface area contributed by atoms with Crippen molar-refractivity contribution in [2.45, 2.75) is 25.3 Å². The predicted molar refractivity (Wildman–Crippen MR) is 119 cm³/mol. The van der Waals surface area contributed by atoms with Gasteiger partial charge in [-0.15, -0.1) is 0 Å². The lowest BCUT2D eigenvalue weighted by molar-refractivity contribution is 0.350. The molecule has 0 spiro atoms. The van der Waals surface area contributed by atoms with E-state index in [1.807, 2.05) is 0 Å². The molecule has 2 aliphatic rings. The van der Waals surface area contributed by atoms with Crippen LogP contribution < -0.4 is 5.32 Å². The van der Waals surface area contributed by atoms with Crippen LogP contribution in [0.2, 0.25) is 0 Å². The maximum atomic E-state index is 3.77. The molecule has 0 bridgehead atoms. The van der Waals surface area contributed by atoms with Gasteiger partial charge in [0, 0.05) is 17.0 Å². The van der Waals surface area contributed by atoms with Gasteiger partial charge in [0.2, 0.25) is 0 Å². The average Bonchev–Trinajstić information content (AvgIpc) is 2.75. The maximum absolute atomic E-state index is 3.77. The van der Waals surface area contributed by atoms with Crippen molar-refractivity contribution in [1.29, 1.82) is 0 Å². The molecule has 0 radical (unpaired) electrons. The van der Waals surface area contributed by atoms with E-state index in [9.17, 15) is 0 Å². The lowest BCUT2D eigenvalue weighted by Crippen LogP contribution is -2.45. The summed E-state index contributed by atoms with van der Waals surface area (Å²) < 4.78 is 0. The van der Waals surface area contributed by atoms with Crippen molar-refractivity contribution in [3.05, 3.63) is 108 Å². The van der Waals surface area contributed by atoms with E-state index in [4.69, 9.17) is 0 Å². The number of anilines is 1. The Hall–Kier alpha value is -3.06. The van der Waals surface area contributed by atoms with Crippen molar-refractivity contribution in [3.63, 3.8) is 0 Å². The van der Waals surface area contributed by atoms with Crippen LogP contribution in [0.1, 0.15) is 25.0 Å². The molecule has 5 rings (SSSR count). The smallest absolute Gasteiger partial charge is 0.0519 e. The monoisotopic (exact) mass is 363 g/mol. The Morgan fingerprint density at radius 1 is 0.750 bits per heavy atom. The molecule has 2 atom stereocenters. The van der Waals surface area contributed by atoms with Gasteiger partial charge < -0.3 is 5.32 Å². The van der Waals surface area contributed by atoms with Crippen LogP contribution in [0.5, 0.6) is 0 Å². The van der Waals surface area contributed by atoms with Gasteiger partial charge in [0.25, 0.3) is 0 Å². The zero-order valence-electron chi connectivity index (χ0n) is 16.4. The molecule has 3 aromatic carbocycles. The van der Waals surface area contributed by atoms with Crippen LogP contribution in [0.15, 0.2) is 97.1 Å². The Morgan fingerprint density at radius 3 is 2.14 bits per heavy atom. The highest BCUT2D eigenvalue weighted by atomic mass is 15.0. The van der Waals surface area contributed by atoms with Crippen LogP contribution in [0.3, 0.4) is 0 Å². The van der Waals surface area contributed by atoms with Gasteiger partial charge in [-0.3, -0.25) is 0 Å². The predicted octanol–water partition coefficient (Wildman–Crippen LogP) is 6.69. The van der Waals surface area contributed by atoms with Crippen molar-refractivity contribution >= 4 is 11.3 Å². The van der Waals surface area contributed by atoms with E-state index < -0.39 is 0 Å². The van der Waals surface area contributed by atoms with E-state index in [-0.39, 0.29) is 5.41 Å². The van der Waals surface area contributed by atoms with E-state index in [1.54, 1.807) is 0 Å². The molecule has 138 valence electrons. The quantitative estimate of drug-likeness (QED) is 0.534. The standard InChI is InChI=1S/C27H25N/c1-27(2)23-17-21(19-9-5-3-6-10-19)13-15-25(23)28-26-16-14-22(18-24(26)27)20-11-7-4-8-12-20/h3-18,23,25,28H,1-2H3. The molecule has 28 heavy (non-hydrogen) atoms. The molecule has 1 heteroatoms. The second kappa shape index (κ2) is 6.53. The topological polar surface area (TPSA) is 12.0 Å². The third kappa shape index (κ3) is 2.79. The van der Waals surface area contributed by atoms with Crippen LogP contribution in [-0.2, 0) is 5.41 Å². The molecule has 0 saturated carbocycles. The van der Waals surface area contributed by atoms with E-state index >= 15 is 0 Å². The fourth-order valence-electron chi connectivity index (χ4n) is 4.67. The Morgan fingerprint density at radius 2 is 1.43 bits per heavy atom. The van der Waals surface area contributed by atoms with E-state index in [1.165, 1.54) is 33.5 Å². The first-order chi connectivity index (χ1) is 13.6. The minimum absolute atomic E-state index is 0.0425. The van der Waals surface area contributed by atoms with Crippen LogP contribution in [-0.4, -0.2) is 6.04 Å². The van der Waals surface area contributed by atoms with Crippen LogP contribution in [0.4, 0.5) is 5.69 Å². The highest BCUT2D eigenvalue weighted by Gasteiger charge is 2.41. The van der Waals surface area contributed by atoms with Crippen LogP contribution >= 0.6 is 0 Å². The summed E-state index contributed by atoms with van der Waals surface area (Å²) in [5.74, 6) is 0.409. The molecule has 2 unspecified atom stereocenters. The summed E-state index contributed by atoms with van der Waals surface area (Å²) >= 11 is 0. The van der Waals surface area contributed by atoms with Crippen LogP contribution in [0, 0.1) is 5.92 Å². The molecule has 3 aromatic rings. The third-order valence-corrected chi connectivity index (χ3v) is 6.31. The lowest BCUT2D eigenvalue weighted by Gasteiger charge is -2.45. The summed E-state index contributed by atoms with van der Waals surface area (Å²) in [6.45, 7) is 4.77. The van der Waals surface area contributed by atoms with Crippen LogP contribution in [0.25, 0.3) is 16.7 Å². The van der Waals surface area contributed by atoms with Crippen molar-refractivity contribution in [3.8, 4) is 11.1 Å². The van der Waals surface area contributed by atoms with Crippen molar-refractivity contribution < 1.29 is 0 Å². The van der Waals surface area contributed by atoms with Gasteiger partial charge in [0.05, 0.1) is 6.04 Å². The lowest BCUT2D eigenvalue weighted by atomic mass is 9.65. The Balaban J connectivity index is 1.58. The fourth-order valence-corrected chi connectivity index (χ4v) is 4.67. The number of nitrogens with one attached hydrogen (secondary N) is 1. The molecule has 0 aromatic heterocycles. The molecule has 1 heterocycles. The molecule has 1 nitrogen and oxygen atoms in total. The number of hydrogen-bond acceptors (Lipinski definition) is 1. The maximum Gasteiger partial charge on any atom is 0.0519 e. The van der Waals surface area contributed by atoms with Gasteiger partial charge >= 0.3 is 0 Å². The first kappa shape index (κ1) is 17.1. The van der Waals surface area contributed by atoms with E-state index in [0.717, 1.165) is 0 Å². The third-order valence-electron chi connectivity index (χ3n) is 6.31. The summed E-state index contributed by atoms with van der Waals surface area (Å²) in [7, 11) is 0. The molecule has 0 fully saturated rings. The van der Waals surface area contributed by atoms with Crippen molar-refractivity contribution in [1.82, 2.24) is 0 Å². The summed E-state index contributed by atoms with van der Waals surface area (Å²) in [5, 5.41) is 3.77. The second-order valence-electron chi connectivity index (χ2n) is 8.39. The first-order valence-electron chi connectivity index (χ1n) is 10.0. The van der Waals surface area contributed by atoms with Gasteiger partial charge in [-0.1, -0.05) is 98.8 Å². The summed E-state index contributed by atoms with van der Waals surface area (Å²) in [6.07, 6.45) is 7.07. The zero-order chi connectivity index (χ0) is 19.1. The number of allylic oxidation sites excluding steroid dienone is 2. The zero-order valence-corrected chi connectivity index (χ0v) is 16.4. The number of benzene rings is 3. The summed E-state index contributed by atoms with van der Waals surface area (Å²) in [4.78, 5) is 0. The normalized spacial score (nSPS) is 21.9. The number of fused-ring (bicyclic) bond motifs is 2. The van der Waals surface area contributed by atoms with Gasteiger partial charge in [-0.2, -0.15) is 0 Å². The first-order valence-corrected chi connectivity index (χ1v) is 10.0. The van der Waals surface area contributed by atoms with Gasteiger partial charge in [-0.05, 0) is 40.0 Å². The average molecular weight is 364 g/mol. The Bertz CT molecular complexity index is 1060. The molecule has 0 saturated heterocycles.